The van der Waals surface area contributed by atoms with Gasteiger partial charge in [-0.25, -0.2) is 0 Å². The van der Waals surface area contributed by atoms with Crippen LogP contribution >= 0.6 is 0 Å². The number of anilines is 2. The van der Waals surface area contributed by atoms with Gasteiger partial charge in [0.1, 0.15) is 11.8 Å². The lowest BCUT2D eigenvalue weighted by atomic mass is 9.95. The number of furan rings is 1. The van der Waals surface area contributed by atoms with Crippen LogP contribution in [-0.4, -0.2) is 29.9 Å². The second kappa shape index (κ2) is 8.61. The number of benzene rings is 1. The zero-order valence-electron chi connectivity index (χ0n) is 18.4. The van der Waals surface area contributed by atoms with Crippen LogP contribution in [0.4, 0.5) is 11.4 Å². The largest absolute Gasteiger partial charge is 0.503 e. The molecule has 1 atom stereocenters. The van der Waals surface area contributed by atoms with Gasteiger partial charge in [0, 0.05) is 30.9 Å². The Hall–Kier alpha value is -3.02. The minimum atomic E-state index is -0.768. The molecular formula is C25H30N2O4. The minimum absolute atomic E-state index is 0.112. The summed E-state index contributed by atoms with van der Waals surface area (Å²) in [5.41, 5.74) is 1.85. The van der Waals surface area contributed by atoms with Crippen LogP contribution in [0.15, 0.2) is 58.4 Å². The molecule has 6 heteroatoms. The summed E-state index contributed by atoms with van der Waals surface area (Å²) in [6.07, 6.45) is 4.11. The van der Waals surface area contributed by atoms with Crippen molar-refractivity contribution in [1.29, 1.82) is 0 Å². The molecule has 1 fully saturated rings. The number of rotatable bonds is 6. The Labute approximate surface area is 183 Å². The van der Waals surface area contributed by atoms with Gasteiger partial charge in [0.2, 0.25) is 0 Å². The molecule has 6 nitrogen and oxygen atoms in total. The molecule has 1 aromatic carbocycles. The molecule has 0 spiro atoms. The third kappa shape index (κ3) is 4.11. The lowest BCUT2D eigenvalue weighted by Gasteiger charge is -2.32. The molecule has 1 saturated heterocycles. The Bertz CT molecular complexity index is 967. The quantitative estimate of drug-likeness (QED) is 0.707. The van der Waals surface area contributed by atoms with Crippen molar-refractivity contribution in [3.63, 3.8) is 0 Å². The minimum Gasteiger partial charge on any atom is -0.503 e. The Balaban J connectivity index is 1.65. The van der Waals surface area contributed by atoms with E-state index in [9.17, 15) is 14.7 Å². The molecule has 3 heterocycles. The number of carbonyl (C=O) groups is 2. The number of hydrogen-bond donors (Lipinski definition) is 1. The van der Waals surface area contributed by atoms with E-state index in [4.69, 9.17) is 4.42 Å². The molecule has 2 aliphatic heterocycles. The summed E-state index contributed by atoms with van der Waals surface area (Å²) in [6.45, 7) is 8.20. The molecule has 1 amide bonds. The third-order valence-corrected chi connectivity index (χ3v) is 6.19. The SMILES string of the molecule is CC(C)CC(=O)C1=C(O)C(=O)N(c2ccc(N3CCC(C)CC3)cc2)C1c1ccco1. The van der Waals surface area contributed by atoms with Gasteiger partial charge in [-0.15, -0.1) is 0 Å². The Morgan fingerprint density at radius 1 is 1.13 bits per heavy atom. The summed E-state index contributed by atoms with van der Waals surface area (Å²) in [4.78, 5) is 29.8. The third-order valence-electron chi connectivity index (χ3n) is 6.19. The zero-order valence-corrected chi connectivity index (χ0v) is 18.4. The molecule has 1 N–H and O–H groups in total. The predicted octanol–water partition coefficient (Wildman–Crippen LogP) is 5.03. The molecule has 31 heavy (non-hydrogen) atoms. The first-order valence-electron chi connectivity index (χ1n) is 11.0. The van der Waals surface area contributed by atoms with Crippen molar-refractivity contribution in [2.75, 3.05) is 22.9 Å². The van der Waals surface area contributed by atoms with Crippen LogP contribution in [0.3, 0.4) is 0 Å². The summed E-state index contributed by atoms with van der Waals surface area (Å²) in [5.74, 6) is 0.0278. The van der Waals surface area contributed by atoms with Crippen LogP contribution in [0.5, 0.6) is 0 Å². The average Bonchev–Trinajstić information content (AvgIpc) is 3.35. The van der Waals surface area contributed by atoms with Crippen molar-refractivity contribution in [2.24, 2.45) is 11.8 Å². The number of amides is 1. The molecule has 1 unspecified atom stereocenters. The first-order chi connectivity index (χ1) is 14.9. The number of hydrogen-bond acceptors (Lipinski definition) is 5. The highest BCUT2D eigenvalue weighted by molar-refractivity contribution is 6.16. The van der Waals surface area contributed by atoms with E-state index < -0.39 is 17.7 Å². The monoisotopic (exact) mass is 422 g/mol. The van der Waals surface area contributed by atoms with Gasteiger partial charge in [0.25, 0.3) is 5.91 Å². The fourth-order valence-electron chi connectivity index (χ4n) is 4.44. The topological polar surface area (TPSA) is 74.0 Å². The van der Waals surface area contributed by atoms with Gasteiger partial charge in [-0.2, -0.15) is 0 Å². The number of aliphatic hydroxyl groups excluding tert-OH is 1. The maximum absolute atomic E-state index is 13.0. The molecule has 4 rings (SSSR count). The summed E-state index contributed by atoms with van der Waals surface area (Å²) in [5, 5.41) is 10.6. The van der Waals surface area contributed by atoms with Crippen molar-refractivity contribution in [2.45, 2.75) is 46.1 Å². The lowest BCUT2D eigenvalue weighted by molar-refractivity contribution is -0.118. The van der Waals surface area contributed by atoms with Crippen molar-refractivity contribution in [3.8, 4) is 0 Å². The fraction of sp³-hybridized carbons (Fsp3) is 0.440. The number of piperidine rings is 1. The van der Waals surface area contributed by atoms with E-state index in [1.807, 2.05) is 38.1 Å². The Kier molecular flexibility index (Phi) is 5.90. The van der Waals surface area contributed by atoms with Gasteiger partial charge in [-0.1, -0.05) is 20.8 Å². The maximum Gasteiger partial charge on any atom is 0.294 e. The summed E-state index contributed by atoms with van der Waals surface area (Å²) >= 11 is 0. The fourth-order valence-corrected chi connectivity index (χ4v) is 4.44. The highest BCUT2D eigenvalue weighted by Crippen LogP contribution is 2.42. The molecule has 1 aromatic heterocycles. The highest BCUT2D eigenvalue weighted by atomic mass is 16.3. The van der Waals surface area contributed by atoms with Crippen molar-refractivity contribution in [3.05, 3.63) is 59.8 Å². The maximum atomic E-state index is 13.0. The van der Waals surface area contributed by atoms with E-state index in [0.717, 1.165) is 24.7 Å². The smallest absolute Gasteiger partial charge is 0.294 e. The lowest BCUT2D eigenvalue weighted by Crippen LogP contribution is -2.33. The second-order valence-electron chi connectivity index (χ2n) is 9.06. The van der Waals surface area contributed by atoms with E-state index in [1.54, 1.807) is 12.1 Å². The van der Waals surface area contributed by atoms with Crippen LogP contribution in [0.2, 0.25) is 0 Å². The molecule has 2 aliphatic rings. The Morgan fingerprint density at radius 3 is 2.35 bits per heavy atom. The summed E-state index contributed by atoms with van der Waals surface area (Å²) in [6, 6.07) is 10.4. The van der Waals surface area contributed by atoms with Crippen molar-refractivity contribution < 1.29 is 19.1 Å². The summed E-state index contributed by atoms with van der Waals surface area (Å²) < 4.78 is 5.58. The van der Waals surface area contributed by atoms with Gasteiger partial charge in [-0.05, 0) is 61.1 Å². The van der Waals surface area contributed by atoms with Crippen LogP contribution in [0, 0.1) is 11.8 Å². The van der Waals surface area contributed by atoms with Gasteiger partial charge in [0.05, 0.1) is 11.8 Å². The van der Waals surface area contributed by atoms with E-state index in [0.29, 0.717) is 11.4 Å². The van der Waals surface area contributed by atoms with E-state index >= 15 is 0 Å². The van der Waals surface area contributed by atoms with Gasteiger partial charge < -0.3 is 14.4 Å². The van der Waals surface area contributed by atoms with Gasteiger partial charge in [0.15, 0.2) is 11.5 Å². The molecule has 0 aliphatic carbocycles. The van der Waals surface area contributed by atoms with Crippen molar-refractivity contribution in [1.82, 2.24) is 0 Å². The molecule has 0 bridgehead atoms. The standard InChI is InChI=1S/C25H30N2O4/c1-16(2)15-20(28)22-23(21-5-4-14-31-21)27(25(30)24(22)29)19-8-6-18(7-9-19)26-12-10-17(3)11-13-26/h4-9,14,16-17,23,29H,10-13,15H2,1-3H3. The first kappa shape index (κ1) is 21.2. The average molecular weight is 423 g/mol. The number of ketones is 1. The number of nitrogens with zero attached hydrogens (tertiary/aromatic N) is 2. The van der Waals surface area contributed by atoms with E-state index in [1.165, 1.54) is 24.0 Å². The van der Waals surface area contributed by atoms with Gasteiger partial charge in [-0.3, -0.25) is 14.5 Å². The van der Waals surface area contributed by atoms with Crippen LogP contribution < -0.4 is 9.80 Å². The first-order valence-corrected chi connectivity index (χ1v) is 11.0. The summed E-state index contributed by atoms with van der Waals surface area (Å²) in [7, 11) is 0. The molecule has 2 aromatic rings. The number of carbonyl (C=O) groups excluding carboxylic acids is 2. The van der Waals surface area contributed by atoms with Crippen LogP contribution in [0.1, 0.15) is 51.8 Å². The van der Waals surface area contributed by atoms with Crippen LogP contribution in [0.25, 0.3) is 0 Å². The normalized spacial score (nSPS) is 20.3. The number of Topliss-reactive ketones (excluding diaryl/α,β-unsaturated/α-hetero) is 1. The molecule has 0 saturated carbocycles. The predicted molar refractivity (Wildman–Crippen MR) is 120 cm³/mol. The zero-order chi connectivity index (χ0) is 22.1. The molecule has 164 valence electrons. The Morgan fingerprint density at radius 2 is 1.77 bits per heavy atom. The molecule has 0 radical (unpaired) electrons. The van der Waals surface area contributed by atoms with Crippen LogP contribution in [-0.2, 0) is 9.59 Å². The molecular weight excluding hydrogens is 392 g/mol. The van der Waals surface area contributed by atoms with E-state index in [-0.39, 0.29) is 23.7 Å². The second-order valence-corrected chi connectivity index (χ2v) is 9.06. The van der Waals surface area contributed by atoms with E-state index in [2.05, 4.69) is 11.8 Å². The van der Waals surface area contributed by atoms with Crippen molar-refractivity contribution >= 4 is 23.1 Å². The number of aliphatic hydroxyl groups is 1. The van der Waals surface area contributed by atoms with Gasteiger partial charge >= 0.3 is 0 Å². The highest BCUT2D eigenvalue weighted by Gasteiger charge is 2.45.